The van der Waals surface area contributed by atoms with Crippen molar-refractivity contribution in [2.75, 3.05) is 13.4 Å². The highest BCUT2D eigenvalue weighted by atomic mass is 28.4. The summed E-state index contributed by atoms with van der Waals surface area (Å²) in [6.45, 7) is 8.87. The van der Waals surface area contributed by atoms with Gasteiger partial charge in [0.25, 0.3) is 0 Å². The van der Waals surface area contributed by atoms with Gasteiger partial charge in [-0.1, -0.05) is 99.6 Å². The van der Waals surface area contributed by atoms with Crippen molar-refractivity contribution >= 4 is 18.7 Å². The quantitative estimate of drug-likeness (QED) is 0.295. The van der Waals surface area contributed by atoms with Gasteiger partial charge in [-0.3, -0.25) is 0 Å². The Morgan fingerprint density at radius 1 is 0.816 bits per heavy atom. The monoisotopic (exact) mass is 526 g/mol. The van der Waals surface area contributed by atoms with Gasteiger partial charge in [-0.25, -0.2) is 0 Å². The standard InChI is InChI=1S/C32H34O5Si/c1-23-29(20-27(31-30(23)35-22-36-31)28(33)21-34-24-14-8-5-9-15-24)37-38(32(2,3)4,25-16-10-6-11-17-25)26-18-12-7-13-19-26/h5-20,28,33H,21-22H2,1-4H3/t28-/m1/s1. The lowest BCUT2D eigenvalue weighted by molar-refractivity contribution is 0.104. The number of hydrogen-bond acceptors (Lipinski definition) is 5. The second-order valence-corrected chi connectivity index (χ2v) is 14.8. The minimum Gasteiger partial charge on any atom is -0.534 e. The van der Waals surface area contributed by atoms with E-state index in [4.69, 9.17) is 18.6 Å². The van der Waals surface area contributed by atoms with E-state index in [1.54, 1.807) is 0 Å². The van der Waals surface area contributed by atoms with Gasteiger partial charge in [0.05, 0.1) is 0 Å². The van der Waals surface area contributed by atoms with Crippen LogP contribution >= 0.6 is 0 Å². The number of aliphatic hydroxyl groups is 1. The first-order valence-corrected chi connectivity index (χ1v) is 14.8. The Kier molecular flexibility index (Phi) is 7.19. The zero-order valence-corrected chi connectivity index (χ0v) is 23.3. The lowest BCUT2D eigenvalue weighted by Crippen LogP contribution is -2.68. The number of ether oxygens (including phenoxy) is 3. The fraction of sp³-hybridized carbons (Fsp3) is 0.250. The number of rotatable bonds is 8. The number of hydrogen-bond donors (Lipinski definition) is 1. The van der Waals surface area contributed by atoms with Gasteiger partial charge < -0.3 is 23.7 Å². The highest BCUT2D eigenvalue weighted by molar-refractivity contribution is 7.00. The van der Waals surface area contributed by atoms with Crippen LogP contribution in [0.15, 0.2) is 97.1 Å². The van der Waals surface area contributed by atoms with Gasteiger partial charge in [0.2, 0.25) is 6.79 Å². The summed E-state index contributed by atoms with van der Waals surface area (Å²) in [6.07, 6.45) is -0.937. The number of benzene rings is 4. The molecule has 1 aliphatic rings. The van der Waals surface area contributed by atoms with E-state index >= 15 is 0 Å². The van der Waals surface area contributed by atoms with E-state index in [1.807, 2.05) is 55.5 Å². The first-order chi connectivity index (χ1) is 18.3. The van der Waals surface area contributed by atoms with Gasteiger partial charge >= 0.3 is 8.32 Å². The maximum atomic E-state index is 11.2. The lowest BCUT2D eigenvalue weighted by atomic mass is 10.0. The molecule has 0 fully saturated rings. The van der Waals surface area contributed by atoms with Crippen molar-refractivity contribution in [3.8, 4) is 23.0 Å². The second-order valence-electron chi connectivity index (χ2n) is 10.6. The molecular formula is C32H34O5Si. The Bertz CT molecular complexity index is 1330. The summed E-state index contributed by atoms with van der Waals surface area (Å²) in [4.78, 5) is 0. The van der Waals surface area contributed by atoms with Crippen molar-refractivity contribution in [3.63, 3.8) is 0 Å². The zero-order valence-electron chi connectivity index (χ0n) is 22.3. The van der Waals surface area contributed by atoms with Crippen LogP contribution in [0.4, 0.5) is 0 Å². The van der Waals surface area contributed by atoms with Gasteiger partial charge in [-0.15, -0.1) is 0 Å². The smallest absolute Gasteiger partial charge is 0.319 e. The summed E-state index contributed by atoms with van der Waals surface area (Å²) in [5, 5.41) is 13.4. The van der Waals surface area contributed by atoms with Crippen LogP contribution in [-0.2, 0) is 0 Å². The molecule has 5 rings (SSSR count). The summed E-state index contributed by atoms with van der Waals surface area (Å²) >= 11 is 0. The molecule has 0 saturated heterocycles. The van der Waals surface area contributed by atoms with E-state index in [1.165, 1.54) is 10.4 Å². The van der Waals surface area contributed by atoms with E-state index in [2.05, 4.69) is 69.3 Å². The number of aliphatic hydroxyl groups excluding tert-OH is 1. The van der Waals surface area contributed by atoms with Gasteiger partial charge in [0.1, 0.15) is 24.2 Å². The third-order valence-corrected chi connectivity index (χ3v) is 12.0. The Morgan fingerprint density at radius 3 is 1.89 bits per heavy atom. The highest BCUT2D eigenvalue weighted by Crippen LogP contribution is 2.47. The molecule has 0 bridgehead atoms. The first-order valence-electron chi connectivity index (χ1n) is 12.9. The van der Waals surface area contributed by atoms with E-state index in [9.17, 15) is 5.11 Å². The lowest BCUT2D eigenvalue weighted by Gasteiger charge is -2.43. The van der Waals surface area contributed by atoms with Crippen molar-refractivity contribution in [1.29, 1.82) is 0 Å². The van der Waals surface area contributed by atoms with E-state index in [0.717, 1.165) is 5.56 Å². The fourth-order valence-electron chi connectivity index (χ4n) is 5.15. The molecule has 6 heteroatoms. The average molecular weight is 527 g/mol. The van der Waals surface area contributed by atoms with Crippen LogP contribution in [0, 0.1) is 6.92 Å². The SMILES string of the molecule is Cc1c(O[Si](c2ccccc2)(c2ccccc2)C(C)(C)C)cc([C@H](O)COc2ccccc2)c2c1OCO2. The molecule has 0 aliphatic carbocycles. The minimum atomic E-state index is -2.89. The maximum absolute atomic E-state index is 11.2. The van der Waals surface area contributed by atoms with Crippen molar-refractivity contribution in [2.45, 2.75) is 38.8 Å². The van der Waals surface area contributed by atoms with Crippen LogP contribution in [0.2, 0.25) is 5.04 Å². The molecule has 1 aliphatic heterocycles. The van der Waals surface area contributed by atoms with Crippen molar-refractivity contribution in [3.05, 3.63) is 108 Å². The Labute approximate surface area is 225 Å². The third kappa shape index (κ3) is 4.77. The Balaban J connectivity index is 1.61. The van der Waals surface area contributed by atoms with Gasteiger partial charge in [0.15, 0.2) is 11.5 Å². The van der Waals surface area contributed by atoms with Gasteiger partial charge in [0, 0.05) is 11.1 Å². The fourth-order valence-corrected chi connectivity index (χ4v) is 9.62. The van der Waals surface area contributed by atoms with E-state index in [0.29, 0.717) is 28.6 Å². The second kappa shape index (κ2) is 10.6. The maximum Gasteiger partial charge on any atom is 0.319 e. The third-order valence-electron chi connectivity index (χ3n) is 7.06. The predicted octanol–water partition coefficient (Wildman–Crippen LogP) is 5.77. The molecule has 0 amide bonds. The van der Waals surface area contributed by atoms with Crippen LogP contribution in [-0.4, -0.2) is 26.8 Å². The largest absolute Gasteiger partial charge is 0.534 e. The van der Waals surface area contributed by atoms with Crippen LogP contribution in [0.5, 0.6) is 23.0 Å². The molecule has 0 unspecified atom stereocenters. The summed E-state index contributed by atoms with van der Waals surface area (Å²) in [5.41, 5.74) is 1.44. The predicted molar refractivity (Wildman–Crippen MR) is 152 cm³/mol. The summed E-state index contributed by atoms with van der Waals surface area (Å²) in [7, 11) is -2.89. The Hall–Kier alpha value is -3.74. The van der Waals surface area contributed by atoms with Gasteiger partial charge in [-0.2, -0.15) is 0 Å². The summed E-state index contributed by atoms with van der Waals surface area (Å²) < 4.78 is 24.9. The molecule has 0 spiro atoms. The first kappa shape index (κ1) is 25.9. The van der Waals surface area contributed by atoms with Crippen molar-refractivity contribution in [2.24, 2.45) is 0 Å². The number of fused-ring (bicyclic) bond motifs is 1. The molecule has 1 N–H and O–H groups in total. The highest BCUT2D eigenvalue weighted by Gasteiger charge is 2.52. The molecule has 38 heavy (non-hydrogen) atoms. The molecular weight excluding hydrogens is 492 g/mol. The zero-order chi connectivity index (χ0) is 26.8. The van der Waals surface area contributed by atoms with Crippen LogP contribution in [0.1, 0.15) is 38.0 Å². The molecule has 0 aromatic heterocycles. The minimum absolute atomic E-state index is 0.0710. The molecule has 0 saturated carbocycles. The molecule has 4 aromatic rings. The molecule has 1 atom stereocenters. The normalized spacial score (nSPS) is 13.7. The molecule has 5 nitrogen and oxygen atoms in total. The molecule has 1 heterocycles. The van der Waals surface area contributed by atoms with Gasteiger partial charge in [-0.05, 0) is 40.5 Å². The van der Waals surface area contributed by atoms with Crippen LogP contribution in [0.25, 0.3) is 0 Å². The van der Waals surface area contributed by atoms with Crippen LogP contribution < -0.4 is 29.0 Å². The summed E-state index contributed by atoms with van der Waals surface area (Å²) in [6, 6.07) is 32.3. The Morgan fingerprint density at radius 2 is 1.34 bits per heavy atom. The molecule has 196 valence electrons. The average Bonchev–Trinajstić information content (AvgIpc) is 3.43. The van der Waals surface area contributed by atoms with Crippen LogP contribution in [0.3, 0.4) is 0 Å². The van der Waals surface area contributed by atoms with E-state index < -0.39 is 14.4 Å². The molecule has 4 aromatic carbocycles. The van der Waals surface area contributed by atoms with E-state index in [-0.39, 0.29) is 18.4 Å². The topological polar surface area (TPSA) is 57.2 Å². The molecule has 0 radical (unpaired) electrons. The van der Waals surface area contributed by atoms with Crippen molar-refractivity contribution in [1.82, 2.24) is 0 Å². The number of para-hydroxylation sites is 1. The summed E-state index contributed by atoms with van der Waals surface area (Å²) in [5.74, 6) is 2.52. The van der Waals surface area contributed by atoms with Crippen molar-refractivity contribution < 1.29 is 23.7 Å².